The van der Waals surface area contributed by atoms with E-state index in [0.717, 1.165) is 19.3 Å². The third kappa shape index (κ3) is 2.03. The van der Waals surface area contributed by atoms with Gasteiger partial charge in [0.25, 0.3) is 0 Å². The van der Waals surface area contributed by atoms with Crippen LogP contribution in [0.4, 0.5) is 18.0 Å². The van der Waals surface area contributed by atoms with Crippen molar-refractivity contribution in [3.05, 3.63) is 0 Å². The molecule has 4 aliphatic carbocycles. The summed E-state index contributed by atoms with van der Waals surface area (Å²) in [5.41, 5.74) is 5.76. The number of halogens is 3. The lowest BCUT2D eigenvalue weighted by atomic mass is 9.44. The number of carbonyl (C=O) groups excluding carboxylic acids is 1. The Kier molecular flexibility index (Phi) is 2.49. The van der Waals surface area contributed by atoms with Gasteiger partial charge >= 0.3 is 12.5 Å². The number of rotatable bonds is 3. The number of amides is 1. The number of cyclic esters (lactones) is 1. The molecule has 0 spiro atoms. The minimum atomic E-state index is -4.59. The van der Waals surface area contributed by atoms with Gasteiger partial charge in [-0.1, -0.05) is 0 Å². The van der Waals surface area contributed by atoms with Gasteiger partial charge in [-0.25, -0.2) is 4.79 Å². The standard InChI is InChI=1S/C13H17F3N2O3/c14-13(15,16)21-8-1-7(2-8)9-3-18(10(19)20-9)12-4-11(17,5-12)6-12/h7-9H,1-6,17H2/t7-,8+,9?,11?,12?. The van der Waals surface area contributed by atoms with E-state index in [1.807, 2.05) is 0 Å². The third-order valence-electron chi connectivity index (χ3n) is 5.41. The summed E-state index contributed by atoms with van der Waals surface area (Å²) in [6.07, 6.45) is -3.03. The summed E-state index contributed by atoms with van der Waals surface area (Å²) in [7, 11) is 0. The molecule has 1 heterocycles. The van der Waals surface area contributed by atoms with Gasteiger partial charge in [0.05, 0.1) is 18.2 Å². The Labute approximate surface area is 119 Å². The van der Waals surface area contributed by atoms with Crippen molar-refractivity contribution in [3.8, 4) is 0 Å². The number of carbonyl (C=O) groups is 1. The minimum Gasteiger partial charge on any atom is -0.444 e. The summed E-state index contributed by atoms with van der Waals surface area (Å²) < 4.78 is 45.5. The van der Waals surface area contributed by atoms with Gasteiger partial charge in [0.15, 0.2) is 0 Å². The summed E-state index contributed by atoms with van der Waals surface area (Å²) in [5.74, 6) is -0.0366. The van der Waals surface area contributed by atoms with Crippen molar-refractivity contribution < 1.29 is 27.4 Å². The molecular formula is C13H17F3N2O3. The van der Waals surface area contributed by atoms with E-state index in [4.69, 9.17) is 10.5 Å². The molecule has 2 bridgehead atoms. The molecule has 1 unspecified atom stereocenters. The van der Waals surface area contributed by atoms with Crippen LogP contribution in [0.5, 0.6) is 0 Å². The normalized spacial score (nSPS) is 48.3. The number of nitrogens with two attached hydrogens (primary N) is 1. The quantitative estimate of drug-likeness (QED) is 0.863. The monoisotopic (exact) mass is 306 g/mol. The van der Waals surface area contributed by atoms with Crippen molar-refractivity contribution in [2.45, 2.75) is 61.8 Å². The van der Waals surface area contributed by atoms with Crippen LogP contribution in [-0.2, 0) is 9.47 Å². The highest BCUT2D eigenvalue weighted by Gasteiger charge is 2.71. The fourth-order valence-electron chi connectivity index (χ4n) is 4.41. The maximum atomic E-state index is 12.1. The van der Waals surface area contributed by atoms with Crippen molar-refractivity contribution in [2.75, 3.05) is 6.54 Å². The van der Waals surface area contributed by atoms with Crippen molar-refractivity contribution in [2.24, 2.45) is 11.7 Å². The van der Waals surface area contributed by atoms with Gasteiger partial charge in [-0.2, -0.15) is 0 Å². The first kappa shape index (κ1) is 13.6. The lowest BCUT2D eigenvalue weighted by Gasteiger charge is -2.71. The molecule has 5 aliphatic rings. The van der Waals surface area contributed by atoms with Crippen LogP contribution < -0.4 is 5.73 Å². The molecule has 1 aliphatic heterocycles. The Morgan fingerprint density at radius 3 is 2.43 bits per heavy atom. The molecule has 21 heavy (non-hydrogen) atoms. The summed E-state index contributed by atoms with van der Waals surface area (Å²) in [6, 6.07) is 0. The molecule has 0 aromatic heterocycles. The second-order valence-corrected chi connectivity index (χ2v) is 7.07. The first-order valence-electron chi connectivity index (χ1n) is 7.20. The predicted octanol–water partition coefficient (Wildman–Crippen LogP) is 1.76. The molecule has 5 fully saturated rings. The molecule has 5 nitrogen and oxygen atoms in total. The third-order valence-corrected chi connectivity index (χ3v) is 5.41. The molecule has 5 rings (SSSR count). The number of alkyl halides is 3. The second-order valence-electron chi connectivity index (χ2n) is 7.07. The Balaban J connectivity index is 1.30. The number of hydrogen-bond acceptors (Lipinski definition) is 4. The lowest BCUT2D eigenvalue weighted by Crippen LogP contribution is -2.82. The van der Waals surface area contributed by atoms with E-state index in [2.05, 4.69) is 4.74 Å². The number of nitrogens with zero attached hydrogens (tertiary/aromatic N) is 1. The fourth-order valence-corrected chi connectivity index (χ4v) is 4.41. The largest absolute Gasteiger partial charge is 0.522 e. The average molecular weight is 306 g/mol. The van der Waals surface area contributed by atoms with Gasteiger partial charge in [-0.3, -0.25) is 9.64 Å². The van der Waals surface area contributed by atoms with Gasteiger partial charge in [0.1, 0.15) is 6.10 Å². The molecule has 118 valence electrons. The van der Waals surface area contributed by atoms with E-state index in [-0.39, 0.29) is 29.2 Å². The minimum absolute atomic E-state index is 0.0366. The van der Waals surface area contributed by atoms with Crippen molar-refractivity contribution in [3.63, 3.8) is 0 Å². The van der Waals surface area contributed by atoms with Crippen LogP contribution in [0.25, 0.3) is 0 Å². The Morgan fingerprint density at radius 2 is 1.90 bits per heavy atom. The molecule has 1 amide bonds. The molecule has 4 saturated carbocycles. The molecule has 1 atom stereocenters. The van der Waals surface area contributed by atoms with Gasteiger partial charge in [-0.15, -0.1) is 13.2 Å². The van der Waals surface area contributed by atoms with E-state index in [1.165, 1.54) is 0 Å². The van der Waals surface area contributed by atoms with Gasteiger partial charge < -0.3 is 10.5 Å². The van der Waals surface area contributed by atoms with Gasteiger partial charge in [-0.05, 0) is 32.1 Å². The molecule has 1 saturated heterocycles. The van der Waals surface area contributed by atoms with Crippen LogP contribution in [0.15, 0.2) is 0 Å². The highest BCUT2D eigenvalue weighted by molar-refractivity contribution is 5.72. The van der Waals surface area contributed by atoms with E-state index in [1.54, 1.807) is 4.90 Å². The predicted molar refractivity (Wildman–Crippen MR) is 64.1 cm³/mol. The first-order valence-corrected chi connectivity index (χ1v) is 7.20. The smallest absolute Gasteiger partial charge is 0.444 e. The maximum absolute atomic E-state index is 12.1. The maximum Gasteiger partial charge on any atom is 0.522 e. The summed E-state index contributed by atoms with van der Waals surface area (Å²) in [4.78, 5) is 13.7. The van der Waals surface area contributed by atoms with Gasteiger partial charge in [0, 0.05) is 11.5 Å². The van der Waals surface area contributed by atoms with Crippen LogP contribution in [0.2, 0.25) is 0 Å². The highest BCUT2D eigenvalue weighted by atomic mass is 19.4. The fraction of sp³-hybridized carbons (Fsp3) is 0.923. The average Bonchev–Trinajstić information content (AvgIpc) is 2.57. The Hall–Kier alpha value is -1.02. The zero-order valence-electron chi connectivity index (χ0n) is 11.4. The summed E-state index contributed by atoms with van der Waals surface area (Å²) in [5, 5.41) is 0. The second kappa shape index (κ2) is 3.84. The Bertz CT molecular complexity index is 470. The molecule has 0 aromatic carbocycles. The van der Waals surface area contributed by atoms with Crippen LogP contribution in [0, 0.1) is 5.92 Å². The zero-order valence-corrected chi connectivity index (χ0v) is 11.4. The summed E-state index contributed by atoms with van der Waals surface area (Å²) >= 11 is 0. The van der Waals surface area contributed by atoms with Crippen LogP contribution in [-0.4, -0.2) is 47.2 Å². The topological polar surface area (TPSA) is 64.8 Å². The zero-order chi connectivity index (χ0) is 15.0. The number of ether oxygens (including phenoxy) is 2. The van der Waals surface area contributed by atoms with Crippen molar-refractivity contribution in [1.82, 2.24) is 4.90 Å². The molecule has 8 heteroatoms. The van der Waals surface area contributed by atoms with Crippen LogP contribution in [0.3, 0.4) is 0 Å². The van der Waals surface area contributed by atoms with Crippen molar-refractivity contribution in [1.29, 1.82) is 0 Å². The van der Waals surface area contributed by atoms with Crippen molar-refractivity contribution >= 4 is 6.09 Å². The lowest BCUT2D eigenvalue weighted by molar-refractivity contribution is -0.355. The number of hydrogen-bond donors (Lipinski definition) is 1. The van der Waals surface area contributed by atoms with Crippen LogP contribution in [0.1, 0.15) is 32.1 Å². The molecule has 0 aromatic rings. The van der Waals surface area contributed by atoms with E-state index < -0.39 is 12.5 Å². The van der Waals surface area contributed by atoms with Gasteiger partial charge in [0.2, 0.25) is 0 Å². The molecule has 2 N–H and O–H groups in total. The highest BCUT2D eigenvalue weighted by Crippen LogP contribution is 2.63. The first-order chi connectivity index (χ1) is 9.68. The SMILES string of the molecule is NC12CC(N3CC([C@H]4C[C@@H](OC(F)(F)F)C4)OC3=O)(C1)C2. The van der Waals surface area contributed by atoms with E-state index >= 15 is 0 Å². The molecular weight excluding hydrogens is 289 g/mol. The Morgan fingerprint density at radius 1 is 1.29 bits per heavy atom. The van der Waals surface area contributed by atoms with E-state index in [0.29, 0.717) is 19.4 Å². The molecule has 0 radical (unpaired) electrons. The van der Waals surface area contributed by atoms with Crippen LogP contribution >= 0.6 is 0 Å². The van der Waals surface area contributed by atoms with E-state index in [9.17, 15) is 18.0 Å². The summed E-state index contributed by atoms with van der Waals surface area (Å²) in [6.45, 7) is 0.471.